The number of Topliss-reactive ketones (excluding diaryl/α,β-unsaturated/α-hetero) is 1. The van der Waals surface area contributed by atoms with E-state index in [1.807, 2.05) is 14.1 Å². The lowest BCUT2D eigenvalue weighted by Gasteiger charge is -2.29. The van der Waals surface area contributed by atoms with Gasteiger partial charge in [-0.2, -0.15) is 0 Å². The summed E-state index contributed by atoms with van der Waals surface area (Å²) in [6.45, 7) is 1.88. The van der Waals surface area contributed by atoms with Crippen molar-refractivity contribution in [3.8, 4) is 0 Å². The van der Waals surface area contributed by atoms with Crippen molar-refractivity contribution in [3.63, 3.8) is 0 Å². The molecule has 1 unspecified atom stereocenters. The average Bonchev–Trinajstić information content (AvgIpc) is 2.23. The fourth-order valence-electron chi connectivity index (χ4n) is 1.50. The molecule has 0 saturated heterocycles. The van der Waals surface area contributed by atoms with Gasteiger partial charge >= 0.3 is 0 Å². The molecule has 0 aromatic rings. The second-order valence-electron chi connectivity index (χ2n) is 4.54. The van der Waals surface area contributed by atoms with Crippen LogP contribution in [0.15, 0.2) is 0 Å². The summed E-state index contributed by atoms with van der Waals surface area (Å²) in [4.78, 5) is 11.0. The molecule has 1 atom stereocenters. The molecule has 0 bridgehead atoms. The lowest BCUT2D eigenvalue weighted by Crippen LogP contribution is -2.41. The highest BCUT2D eigenvalue weighted by molar-refractivity contribution is 7.74. The summed E-state index contributed by atoms with van der Waals surface area (Å²) in [6.07, 6.45) is 1.98. The first-order chi connectivity index (χ1) is 7.87. The molecule has 0 aliphatic heterocycles. The van der Waals surface area contributed by atoms with Crippen LogP contribution < -0.4 is 0 Å². The Hall–Kier alpha value is -0.0100. The van der Waals surface area contributed by atoms with E-state index in [1.165, 1.54) is 0 Å². The summed E-state index contributed by atoms with van der Waals surface area (Å²) in [6, 6.07) is 0. The van der Waals surface area contributed by atoms with Crippen LogP contribution >= 0.6 is 11.6 Å². The summed E-state index contributed by atoms with van der Waals surface area (Å²) in [7, 11) is 4.08. The molecule has 0 amide bonds. The molecule has 7 heteroatoms. The minimum atomic E-state index is -2.42. The molecule has 102 valence electrons. The number of carbonyl (C=O) groups excluding carboxylic acids is 1. The van der Waals surface area contributed by atoms with Gasteiger partial charge in [0.25, 0.3) is 0 Å². The lowest BCUT2D eigenvalue weighted by atomic mass is 10.2. The van der Waals surface area contributed by atoms with Crippen LogP contribution in [-0.2, 0) is 20.3 Å². The molecule has 0 radical (unpaired) electrons. The Labute approximate surface area is 110 Å². The second kappa shape index (κ2) is 8.99. The number of nitrogens with zero attached hydrogens (tertiary/aromatic N) is 1. The Balaban J connectivity index is 3.64. The third-order valence-corrected chi connectivity index (χ3v) is 3.11. The van der Waals surface area contributed by atoms with E-state index in [-0.39, 0.29) is 18.3 Å². The maximum atomic E-state index is 11.0. The van der Waals surface area contributed by atoms with Gasteiger partial charge in [-0.3, -0.25) is 4.79 Å². The van der Waals surface area contributed by atoms with Crippen LogP contribution in [0.25, 0.3) is 0 Å². The molecule has 0 aliphatic carbocycles. The SMILES string of the molecule is C[N+](C)(CCCOS(=O)[O-])CCCC(=O)CCl. The van der Waals surface area contributed by atoms with Crippen molar-refractivity contribution in [2.24, 2.45) is 0 Å². The molecule has 0 aliphatic rings. The lowest BCUT2D eigenvalue weighted by molar-refractivity contribution is -0.890. The number of alkyl halides is 1. The van der Waals surface area contributed by atoms with Crippen molar-refractivity contribution in [1.29, 1.82) is 0 Å². The predicted octanol–water partition coefficient (Wildman–Crippen LogP) is 0.852. The molecule has 0 fully saturated rings. The van der Waals surface area contributed by atoms with E-state index in [0.717, 1.165) is 24.0 Å². The van der Waals surface area contributed by atoms with Gasteiger partial charge < -0.3 is 13.2 Å². The predicted molar refractivity (Wildman–Crippen MR) is 66.3 cm³/mol. The fourth-order valence-corrected chi connectivity index (χ4v) is 1.89. The zero-order valence-electron chi connectivity index (χ0n) is 10.3. The van der Waals surface area contributed by atoms with Gasteiger partial charge in [0, 0.05) is 19.3 Å². The van der Waals surface area contributed by atoms with E-state index in [9.17, 15) is 13.6 Å². The van der Waals surface area contributed by atoms with Gasteiger partial charge in [0.2, 0.25) is 0 Å². The monoisotopic (exact) mass is 285 g/mol. The minimum Gasteiger partial charge on any atom is -0.750 e. The van der Waals surface area contributed by atoms with Crippen LogP contribution in [0, 0.1) is 0 Å². The third-order valence-electron chi connectivity index (χ3n) is 2.46. The second-order valence-corrected chi connectivity index (χ2v) is 5.45. The molecule has 0 aromatic heterocycles. The molecule has 0 rings (SSSR count). The number of carbonyl (C=O) groups is 1. The van der Waals surface area contributed by atoms with Gasteiger partial charge in [0.1, 0.15) is 5.78 Å². The highest BCUT2D eigenvalue weighted by Gasteiger charge is 2.14. The van der Waals surface area contributed by atoms with Crippen LogP contribution in [0.3, 0.4) is 0 Å². The third kappa shape index (κ3) is 10.8. The molecule has 17 heavy (non-hydrogen) atoms. The average molecular weight is 286 g/mol. The van der Waals surface area contributed by atoms with Gasteiger partial charge in [0.15, 0.2) is 0 Å². The van der Waals surface area contributed by atoms with E-state index < -0.39 is 11.4 Å². The fraction of sp³-hybridized carbons (Fsp3) is 0.900. The number of halogens is 1. The van der Waals surface area contributed by atoms with Crippen LogP contribution in [0.1, 0.15) is 19.3 Å². The number of ketones is 1. The summed E-state index contributed by atoms with van der Waals surface area (Å²) >= 11 is 2.98. The van der Waals surface area contributed by atoms with Crippen LogP contribution in [-0.4, -0.2) is 58.7 Å². The van der Waals surface area contributed by atoms with Gasteiger partial charge in [-0.05, 0) is 0 Å². The maximum absolute atomic E-state index is 11.0. The van der Waals surface area contributed by atoms with E-state index in [1.54, 1.807) is 0 Å². The smallest absolute Gasteiger partial charge is 0.147 e. The Morgan fingerprint density at radius 3 is 2.47 bits per heavy atom. The molecule has 5 nitrogen and oxygen atoms in total. The Morgan fingerprint density at radius 2 is 1.94 bits per heavy atom. The van der Waals surface area contributed by atoms with E-state index in [4.69, 9.17) is 11.6 Å². The van der Waals surface area contributed by atoms with Crippen molar-refractivity contribution in [2.45, 2.75) is 19.3 Å². The number of hydrogen-bond acceptors (Lipinski definition) is 4. The van der Waals surface area contributed by atoms with Crippen LogP contribution in [0.4, 0.5) is 0 Å². The highest BCUT2D eigenvalue weighted by atomic mass is 35.5. The number of hydrogen-bond donors (Lipinski definition) is 0. The van der Waals surface area contributed by atoms with Gasteiger partial charge in [-0.1, -0.05) is 0 Å². The van der Waals surface area contributed by atoms with Gasteiger partial charge in [-0.25, -0.2) is 4.21 Å². The van der Waals surface area contributed by atoms with Crippen molar-refractivity contribution in [2.75, 3.05) is 39.7 Å². The molecule has 0 heterocycles. The molecular weight excluding hydrogens is 266 g/mol. The summed E-state index contributed by atoms with van der Waals surface area (Å²) in [5.74, 6) is 0.146. The highest BCUT2D eigenvalue weighted by Crippen LogP contribution is 2.04. The van der Waals surface area contributed by atoms with Gasteiger partial charge in [-0.15, -0.1) is 11.6 Å². The van der Waals surface area contributed by atoms with Gasteiger partial charge in [0.05, 0.1) is 51.0 Å². The molecule has 0 saturated carbocycles. The zero-order chi connectivity index (χ0) is 13.3. The standard InChI is InChI=1S/C10H20ClNO4S/c1-12(2,6-3-5-10(13)9-11)7-4-8-16-17(14)15/h3-9H2,1-2H3. The molecular formula is C10H20ClNO4S. The van der Waals surface area contributed by atoms with Crippen LogP contribution in [0.2, 0.25) is 0 Å². The number of rotatable bonds is 10. The first-order valence-electron chi connectivity index (χ1n) is 5.49. The van der Waals surface area contributed by atoms with E-state index >= 15 is 0 Å². The Morgan fingerprint density at radius 1 is 1.35 bits per heavy atom. The Bertz CT molecular complexity index is 261. The van der Waals surface area contributed by atoms with Crippen molar-refractivity contribution in [1.82, 2.24) is 0 Å². The van der Waals surface area contributed by atoms with E-state index in [0.29, 0.717) is 12.8 Å². The first kappa shape index (κ1) is 17.0. The van der Waals surface area contributed by atoms with Crippen molar-refractivity contribution >= 4 is 28.7 Å². The molecule has 0 N–H and O–H groups in total. The zero-order valence-corrected chi connectivity index (χ0v) is 11.9. The normalized spacial score (nSPS) is 13.6. The van der Waals surface area contributed by atoms with Crippen molar-refractivity contribution in [3.05, 3.63) is 0 Å². The molecule has 0 aromatic carbocycles. The first-order valence-corrected chi connectivity index (χ1v) is 7.03. The quantitative estimate of drug-likeness (QED) is 0.258. The maximum Gasteiger partial charge on any atom is 0.147 e. The number of quaternary nitrogens is 1. The summed E-state index contributed by atoms with van der Waals surface area (Å²) < 4.78 is 25.4. The Kier molecular flexibility index (Phi) is 8.99. The largest absolute Gasteiger partial charge is 0.750 e. The summed E-state index contributed by atoms with van der Waals surface area (Å²) in [5, 5.41) is 0. The topological polar surface area (TPSA) is 66.4 Å². The van der Waals surface area contributed by atoms with Crippen molar-refractivity contribution < 1.29 is 22.2 Å². The molecule has 0 spiro atoms. The minimum absolute atomic E-state index is 0.0664. The van der Waals surface area contributed by atoms with Crippen LogP contribution in [0.5, 0.6) is 0 Å². The van der Waals surface area contributed by atoms with E-state index in [2.05, 4.69) is 4.18 Å². The summed E-state index contributed by atoms with van der Waals surface area (Å²) in [5.41, 5.74) is 0.